The number of nitrogens with one attached hydrogen (secondary N) is 1. The second-order valence-electron chi connectivity index (χ2n) is 4.75. The van der Waals surface area contributed by atoms with Crippen LogP contribution in [0.5, 0.6) is 5.75 Å². The van der Waals surface area contributed by atoms with Crippen LogP contribution in [-0.2, 0) is 4.79 Å². The van der Waals surface area contributed by atoms with Gasteiger partial charge in [-0.15, -0.1) is 0 Å². The fraction of sp³-hybridized carbons (Fsp3) is 0.111. The van der Waals surface area contributed by atoms with Gasteiger partial charge in [-0.25, -0.2) is 4.39 Å². The van der Waals surface area contributed by atoms with Crippen LogP contribution in [0, 0.1) is 17.1 Å². The highest BCUT2D eigenvalue weighted by molar-refractivity contribution is 6.32. The largest absolute Gasteiger partial charge is 0.492 e. The lowest BCUT2D eigenvalue weighted by atomic mass is 10.1. The van der Waals surface area contributed by atoms with E-state index >= 15 is 0 Å². The average Bonchev–Trinajstić information content (AvgIpc) is 2.57. The number of benzene rings is 2. The molecule has 0 aliphatic carbocycles. The van der Waals surface area contributed by atoms with Crippen molar-refractivity contribution in [3.05, 3.63) is 64.4 Å². The fourth-order valence-corrected chi connectivity index (χ4v) is 2.17. The fourth-order valence-electron chi connectivity index (χ4n) is 1.93. The minimum atomic E-state index is -0.589. The molecule has 2 aromatic carbocycles. The molecule has 0 saturated heterocycles. The molecule has 1 amide bonds. The molecule has 2 aromatic rings. The van der Waals surface area contributed by atoms with Crippen LogP contribution in [0.2, 0.25) is 5.02 Å². The molecule has 0 heterocycles. The smallest absolute Gasteiger partial charge is 0.266 e. The summed E-state index contributed by atoms with van der Waals surface area (Å²) >= 11 is 6.09. The SMILES string of the molecule is CCOc1ccc(/C=C(/C#N)C(=O)Nc2ccc(F)cc2)cc1Cl. The Morgan fingerprint density at radius 1 is 1.33 bits per heavy atom. The Hall–Kier alpha value is -2.84. The first-order valence-corrected chi connectivity index (χ1v) is 7.52. The van der Waals surface area contributed by atoms with Gasteiger partial charge in [-0.3, -0.25) is 4.79 Å². The van der Waals surface area contributed by atoms with Crippen LogP contribution in [0.15, 0.2) is 48.0 Å². The number of ether oxygens (including phenoxy) is 1. The molecule has 0 aromatic heterocycles. The first-order chi connectivity index (χ1) is 11.5. The van der Waals surface area contributed by atoms with Crippen molar-refractivity contribution in [3.8, 4) is 11.8 Å². The third-order valence-corrected chi connectivity index (χ3v) is 3.33. The van der Waals surface area contributed by atoms with Gasteiger partial charge in [0.05, 0.1) is 11.6 Å². The molecule has 4 nitrogen and oxygen atoms in total. The lowest BCUT2D eigenvalue weighted by Gasteiger charge is -2.07. The number of hydrogen-bond acceptors (Lipinski definition) is 3. The summed E-state index contributed by atoms with van der Waals surface area (Å²) in [6, 6.07) is 12.1. The van der Waals surface area contributed by atoms with Gasteiger partial charge in [0.1, 0.15) is 23.2 Å². The molecule has 122 valence electrons. The molecule has 1 N–H and O–H groups in total. The molecule has 0 fully saturated rings. The van der Waals surface area contributed by atoms with Gasteiger partial charge in [-0.05, 0) is 55.0 Å². The Bertz CT molecular complexity index is 811. The molecule has 0 aliphatic heterocycles. The molecule has 6 heteroatoms. The second kappa shape index (κ2) is 8.14. The third-order valence-electron chi connectivity index (χ3n) is 3.03. The third kappa shape index (κ3) is 4.58. The van der Waals surface area contributed by atoms with Crippen LogP contribution in [-0.4, -0.2) is 12.5 Å². The van der Waals surface area contributed by atoms with Crippen molar-refractivity contribution < 1.29 is 13.9 Å². The van der Waals surface area contributed by atoms with Crippen LogP contribution in [0.3, 0.4) is 0 Å². The van der Waals surface area contributed by atoms with Gasteiger partial charge in [0.2, 0.25) is 0 Å². The van der Waals surface area contributed by atoms with Gasteiger partial charge in [-0.1, -0.05) is 17.7 Å². The highest BCUT2D eigenvalue weighted by Gasteiger charge is 2.10. The number of nitriles is 1. The Balaban J connectivity index is 2.19. The number of carbonyl (C=O) groups excluding carboxylic acids is 1. The molecule has 0 bridgehead atoms. The van der Waals surface area contributed by atoms with Crippen LogP contribution < -0.4 is 10.1 Å². The summed E-state index contributed by atoms with van der Waals surface area (Å²) in [6.45, 7) is 2.33. The normalized spacial score (nSPS) is 10.8. The maximum atomic E-state index is 12.9. The van der Waals surface area contributed by atoms with Crippen LogP contribution in [0.1, 0.15) is 12.5 Å². The Morgan fingerprint density at radius 3 is 2.62 bits per heavy atom. The summed E-state index contributed by atoms with van der Waals surface area (Å²) in [5.41, 5.74) is 0.890. The monoisotopic (exact) mass is 344 g/mol. The molecule has 24 heavy (non-hydrogen) atoms. The van der Waals surface area contributed by atoms with Gasteiger partial charge in [0.25, 0.3) is 5.91 Å². The van der Waals surface area contributed by atoms with E-state index in [2.05, 4.69) is 5.32 Å². The van der Waals surface area contributed by atoms with Crippen molar-refractivity contribution in [2.45, 2.75) is 6.92 Å². The van der Waals surface area contributed by atoms with Crippen molar-refractivity contribution in [2.75, 3.05) is 11.9 Å². The van der Waals surface area contributed by atoms with E-state index in [0.717, 1.165) is 0 Å². The molecule has 0 saturated carbocycles. The molecule has 0 atom stereocenters. The zero-order chi connectivity index (χ0) is 17.5. The number of anilines is 1. The maximum absolute atomic E-state index is 12.9. The molecule has 0 aliphatic rings. The van der Waals surface area contributed by atoms with E-state index in [4.69, 9.17) is 16.3 Å². The summed E-state index contributed by atoms with van der Waals surface area (Å²) in [5.74, 6) is -0.465. The summed E-state index contributed by atoms with van der Waals surface area (Å²) < 4.78 is 18.2. The standard InChI is InChI=1S/C18H14ClFN2O2/c1-2-24-17-8-3-12(10-16(17)19)9-13(11-21)18(23)22-15-6-4-14(20)5-7-15/h3-10H,2H2,1H3,(H,22,23)/b13-9-. The molecule has 0 spiro atoms. The van der Waals surface area contributed by atoms with E-state index in [0.29, 0.717) is 28.6 Å². The highest BCUT2D eigenvalue weighted by atomic mass is 35.5. The Kier molecular flexibility index (Phi) is 5.94. The molecule has 2 rings (SSSR count). The first kappa shape index (κ1) is 17.5. The lowest BCUT2D eigenvalue weighted by molar-refractivity contribution is -0.112. The summed E-state index contributed by atoms with van der Waals surface area (Å²) in [5, 5.41) is 12.1. The highest BCUT2D eigenvalue weighted by Crippen LogP contribution is 2.26. The van der Waals surface area contributed by atoms with Gasteiger partial charge in [0, 0.05) is 5.69 Å². The zero-order valence-electron chi connectivity index (χ0n) is 12.8. The van der Waals surface area contributed by atoms with Crippen molar-refractivity contribution in [1.82, 2.24) is 0 Å². The van der Waals surface area contributed by atoms with Crippen molar-refractivity contribution in [1.29, 1.82) is 5.26 Å². The minimum Gasteiger partial charge on any atom is -0.492 e. The van der Waals surface area contributed by atoms with Gasteiger partial charge in [0.15, 0.2) is 0 Å². The van der Waals surface area contributed by atoms with Gasteiger partial charge < -0.3 is 10.1 Å². The minimum absolute atomic E-state index is 0.0976. The molecule has 0 radical (unpaired) electrons. The van der Waals surface area contributed by atoms with Gasteiger partial charge >= 0.3 is 0 Å². The number of rotatable bonds is 5. The average molecular weight is 345 g/mol. The lowest BCUT2D eigenvalue weighted by Crippen LogP contribution is -2.13. The predicted octanol–water partition coefficient (Wildman–Crippen LogP) is 4.42. The van der Waals surface area contributed by atoms with E-state index in [1.807, 2.05) is 13.0 Å². The molecular formula is C18H14ClFN2O2. The van der Waals surface area contributed by atoms with Crippen molar-refractivity contribution in [2.24, 2.45) is 0 Å². The number of amides is 1. The maximum Gasteiger partial charge on any atom is 0.266 e. The number of carbonyl (C=O) groups is 1. The van der Waals surface area contributed by atoms with E-state index < -0.39 is 11.7 Å². The van der Waals surface area contributed by atoms with Crippen molar-refractivity contribution >= 4 is 29.3 Å². The topological polar surface area (TPSA) is 62.1 Å². The van der Waals surface area contributed by atoms with E-state index in [1.165, 1.54) is 30.3 Å². The van der Waals surface area contributed by atoms with Crippen molar-refractivity contribution in [3.63, 3.8) is 0 Å². The van der Waals surface area contributed by atoms with Crippen LogP contribution >= 0.6 is 11.6 Å². The van der Waals surface area contributed by atoms with E-state index in [1.54, 1.807) is 18.2 Å². The summed E-state index contributed by atoms with van der Waals surface area (Å²) in [6.07, 6.45) is 1.42. The number of nitrogens with zero attached hydrogens (tertiary/aromatic N) is 1. The van der Waals surface area contributed by atoms with Crippen LogP contribution in [0.4, 0.5) is 10.1 Å². The first-order valence-electron chi connectivity index (χ1n) is 7.14. The predicted molar refractivity (Wildman–Crippen MR) is 91.2 cm³/mol. The van der Waals surface area contributed by atoms with Crippen LogP contribution in [0.25, 0.3) is 6.08 Å². The Morgan fingerprint density at radius 2 is 2.04 bits per heavy atom. The van der Waals surface area contributed by atoms with E-state index in [9.17, 15) is 14.4 Å². The van der Waals surface area contributed by atoms with Gasteiger partial charge in [-0.2, -0.15) is 5.26 Å². The van der Waals surface area contributed by atoms with E-state index in [-0.39, 0.29) is 5.57 Å². The zero-order valence-corrected chi connectivity index (χ0v) is 13.6. The Labute approximate surface area is 144 Å². The molecular weight excluding hydrogens is 331 g/mol. The number of hydrogen-bond donors (Lipinski definition) is 1. The molecule has 0 unspecified atom stereocenters. The second-order valence-corrected chi connectivity index (χ2v) is 5.16. The number of halogens is 2. The summed E-state index contributed by atoms with van der Waals surface area (Å²) in [4.78, 5) is 12.1. The summed E-state index contributed by atoms with van der Waals surface area (Å²) in [7, 11) is 0. The quantitative estimate of drug-likeness (QED) is 0.645.